The van der Waals surface area contributed by atoms with E-state index >= 15 is 4.39 Å². The van der Waals surface area contributed by atoms with Crippen molar-refractivity contribution in [1.82, 2.24) is 24.1 Å². The van der Waals surface area contributed by atoms with Gasteiger partial charge in [-0.15, -0.1) is 0 Å². The van der Waals surface area contributed by atoms with Gasteiger partial charge in [-0.05, 0) is 43.2 Å². The van der Waals surface area contributed by atoms with Crippen molar-refractivity contribution in [3.63, 3.8) is 0 Å². The molecular formula is C25H20F2N6O2S. The number of imidazole rings is 2. The Bertz CT molecular complexity index is 1740. The van der Waals surface area contributed by atoms with E-state index in [0.717, 1.165) is 6.07 Å². The summed E-state index contributed by atoms with van der Waals surface area (Å²) in [6.45, 7) is 0. The zero-order chi connectivity index (χ0) is 25.0. The number of aryl methyl sites for hydroxylation is 1. The molecule has 182 valence electrons. The quantitative estimate of drug-likeness (QED) is 0.361. The van der Waals surface area contributed by atoms with Gasteiger partial charge < -0.3 is 4.57 Å². The van der Waals surface area contributed by atoms with Crippen molar-refractivity contribution in [1.29, 1.82) is 0 Å². The van der Waals surface area contributed by atoms with Crippen LogP contribution in [-0.4, -0.2) is 37.8 Å². The predicted molar refractivity (Wildman–Crippen MR) is 132 cm³/mol. The molecule has 3 aromatic heterocycles. The molecule has 0 amide bonds. The Morgan fingerprint density at radius 3 is 2.50 bits per heavy atom. The fourth-order valence-electron chi connectivity index (χ4n) is 4.25. The molecule has 0 atom stereocenters. The van der Waals surface area contributed by atoms with E-state index in [2.05, 4.69) is 19.7 Å². The van der Waals surface area contributed by atoms with Gasteiger partial charge in [-0.1, -0.05) is 0 Å². The summed E-state index contributed by atoms with van der Waals surface area (Å²) < 4.78 is 59.5. The first-order valence-corrected chi connectivity index (χ1v) is 12.8. The molecule has 36 heavy (non-hydrogen) atoms. The Morgan fingerprint density at radius 2 is 1.78 bits per heavy atom. The highest BCUT2D eigenvalue weighted by molar-refractivity contribution is 7.93. The van der Waals surface area contributed by atoms with Crippen LogP contribution in [0.5, 0.6) is 0 Å². The minimum Gasteiger partial charge on any atom is -0.340 e. The molecule has 11 heteroatoms. The van der Waals surface area contributed by atoms with Gasteiger partial charge in [0.1, 0.15) is 23.8 Å². The van der Waals surface area contributed by atoms with Crippen LogP contribution in [0.1, 0.15) is 12.8 Å². The summed E-state index contributed by atoms with van der Waals surface area (Å²) in [4.78, 5) is 13.1. The number of hydrogen-bond acceptors (Lipinski definition) is 5. The second-order valence-corrected chi connectivity index (χ2v) is 10.7. The Morgan fingerprint density at radius 1 is 0.972 bits per heavy atom. The molecule has 1 N–H and O–H groups in total. The maximum Gasteiger partial charge on any atom is 0.236 e. The Hall–Kier alpha value is -4.12. The number of hydrogen-bond donors (Lipinski definition) is 1. The number of fused-ring (bicyclic) bond motifs is 1. The lowest BCUT2D eigenvalue weighted by Gasteiger charge is -2.12. The van der Waals surface area contributed by atoms with Gasteiger partial charge in [-0.25, -0.2) is 32.2 Å². The number of halogens is 2. The SMILES string of the molecule is Cn1cnc(-c2ccc3c(ncn3-c3ccnc(NS(=O)(=O)C4CC4)c3)c2-c2ccc(F)cc2F)c1. The van der Waals surface area contributed by atoms with Crippen LogP contribution in [0.4, 0.5) is 14.6 Å². The standard InChI is InChI=1S/C25H20F2N6O2S/c1-32-12-21(29-13-32)19-6-7-22-25(24(19)18-5-2-15(26)10-20(18)27)30-14-33(22)16-8-9-28-23(11-16)31-36(34,35)17-3-4-17/h2,5-14,17H,3-4H2,1H3,(H,28,31). The van der Waals surface area contributed by atoms with Gasteiger partial charge in [-0.3, -0.25) is 9.29 Å². The lowest BCUT2D eigenvalue weighted by atomic mass is 9.95. The number of sulfonamides is 1. The first kappa shape index (κ1) is 22.4. The number of pyridine rings is 1. The van der Waals surface area contributed by atoms with Crippen molar-refractivity contribution in [3.8, 4) is 28.1 Å². The summed E-state index contributed by atoms with van der Waals surface area (Å²) in [5, 5.41) is -0.379. The second-order valence-electron chi connectivity index (χ2n) is 8.76. The number of rotatable bonds is 6. The number of benzene rings is 2. The number of aromatic nitrogens is 5. The van der Waals surface area contributed by atoms with E-state index in [1.165, 1.54) is 18.3 Å². The number of anilines is 1. The maximum atomic E-state index is 15.0. The predicted octanol–water partition coefficient (Wildman–Crippen LogP) is 4.67. The molecule has 1 saturated carbocycles. The van der Waals surface area contributed by atoms with Crippen LogP contribution in [0, 0.1) is 11.6 Å². The van der Waals surface area contributed by atoms with Gasteiger partial charge in [0.2, 0.25) is 10.0 Å². The summed E-state index contributed by atoms with van der Waals surface area (Å²) in [5.41, 5.74) is 3.69. The molecule has 8 nitrogen and oxygen atoms in total. The fourth-order valence-corrected chi connectivity index (χ4v) is 5.58. The molecule has 0 unspecified atom stereocenters. The summed E-state index contributed by atoms with van der Waals surface area (Å²) in [7, 11) is -1.64. The molecule has 0 radical (unpaired) electrons. The largest absolute Gasteiger partial charge is 0.340 e. The Balaban J connectivity index is 1.52. The molecule has 1 aliphatic rings. The average molecular weight is 507 g/mol. The highest BCUT2D eigenvalue weighted by Gasteiger charge is 2.36. The third-order valence-electron chi connectivity index (χ3n) is 6.13. The van der Waals surface area contributed by atoms with E-state index < -0.39 is 21.7 Å². The second kappa shape index (κ2) is 8.23. The van der Waals surface area contributed by atoms with Crippen molar-refractivity contribution >= 4 is 26.9 Å². The normalized spacial score (nSPS) is 13.9. The van der Waals surface area contributed by atoms with Gasteiger partial charge in [0, 0.05) is 48.3 Å². The Labute approximate surface area is 205 Å². The average Bonchev–Trinajstić information content (AvgIpc) is 3.49. The lowest BCUT2D eigenvalue weighted by Crippen LogP contribution is -2.18. The first-order chi connectivity index (χ1) is 17.3. The van der Waals surface area contributed by atoms with Gasteiger partial charge in [0.25, 0.3) is 0 Å². The van der Waals surface area contributed by atoms with E-state index in [4.69, 9.17) is 0 Å². The summed E-state index contributed by atoms with van der Waals surface area (Å²) in [6.07, 6.45) is 7.82. The minimum absolute atomic E-state index is 0.195. The van der Waals surface area contributed by atoms with E-state index in [1.54, 1.807) is 33.9 Å². The van der Waals surface area contributed by atoms with Gasteiger partial charge in [0.15, 0.2) is 0 Å². The van der Waals surface area contributed by atoms with Crippen LogP contribution >= 0.6 is 0 Å². The Kier molecular flexibility index (Phi) is 5.11. The van der Waals surface area contributed by atoms with Crippen molar-refractivity contribution in [2.75, 3.05) is 4.72 Å². The van der Waals surface area contributed by atoms with Crippen molar-refractivity contribution in [3.05, 3.63) is 79.1 Å². The number of nitrogens with zero attached hydrogens (tertiary/aromatic N) is 5. The molecule has 3 heterocycles. The molecular weight excluding hydrogens is 486 g/mol. The van der Waals surface area contributed by atoms with Crippen LogP contribution < -0.4 is 4.72 Å². The fraction of sp³-hybridized carbons (Fsp3) is 0.160. The molecule has 2 aromatic carbocycles. The molecule has 0 saturated heterocycles. The highest BCUT2D eigenvalue weighted by Crippen LogP contribution is 2.39. The smallest absolute Gasteiger partial charge is 0.236 e. The monoisotopic (exact) mass is 506 g/mol. The van der Waals surface area contributed by atoms with E-state index in [1.807, 2.05) is 25.4 Å². The molecule has 0 spiro atoms. The lowest BCUT2D eigenvalue weighted by molar-refractivity contribution is 0.585. The summed E-state index contributed by atoms with van der Waals surface area (Å²) in [6, 6.07) is 10.4. The molecule has 5 aromatic rings. The van der Waals surface area contributed by atoms with Crippen LogP contribution in [0.25, 0.3) is 39.1 Å². The summed E-state index contributed by atoms with van der Waals surface area (Å²) >= 11 is 0. The van der Waals surface area contributed by atoms with Crippen LogP contribution in [0.15, 0.2) is 67.5 Å². The maximum absolute atomic E-state index is 15.0. The molecule has 1 fully saturated rings. The van der Waals surface area contributed by atoms with Crippen LogP contribution in [0.3, 0.4) is 0 Å². The minimum atomic E-state index is -3.47. The molecule has 0 aliphatic heterocycles. The molecule has 6 rings (SSSR count). The zero-order valence-corrected chi connectivity index (χ0v) is 19.9. The van der Waals surface area contributed by atoms with Crippen molar-refractivity contribution in [2.45, 2.75) is 18.1 Å². The van der Waals surface area contributed by atoms with E-state index in [9.17, 15) is 12.8 Å². The summed E-state index contributed by atoms with van der Waals surface area (Å²) in [5.74, 6) is -1.18. The van der Waals surface area contributed by atoms with Gasteiger partial charge >= 0.3 is 0 Å². The number of nitrogens with one attached hydrogen (secondary N) is 1. The van der Waals surface area contributed by atoms with Gasteiger partial charge in [-0.2, -0.15) is 0 Å². The van der Waals surface area contributed by atoms with Crippen molar-refractivity contribution < 1.29 is 17.2 Å². The topological polar surface area (TPSA) is 94.7 Å². The van der Waals surface area contributed by atoms with E-state index in [-0.39, 0.29) is 16.6 Å². The van der Waals surface area contributed by atoms with Gasteiger partial charge in [0.05, 0.1) is 34.0 Å². The van der Waals surface area contributed by atoms with E-state index in [0.29, 0.717) is 46.4 Å². The van der Waals surface area contributed by atoms with Crippen LogP contribution in [-0.2, 0) is 17.1 Å². The molecule has 0 bridgehead atoms. The third kappa shape index (κ3) is 3.91. The molecule has 1 aliphatic carbocycles. The third-order valence-corrected chi connectivity index (χ3v) is 7.97. The van der Waals surface area contributed by atoms with Crippen LogP contribution in [0.2, 0.25) is 0 Å². The first-order valence-electron chi connectivity index (χ1n) is 11.2. The highest BCUT2D eigenvalue weighted by atomic mass is 32.2. The zero-order valence-electron chi connectivity index (χ0n) is 19.1. The van der Waals surface area contributed by atoms with Crippen molar-refractivity contribution in [2.24, 2.45) is 7.05 Å².